The third-order valence-corrected chi connectivity index (χ3v) is 8.04. The minimum absolute atomic E-state index is 0.569. The summed E-state index contributed by atoms with van der Waals surface area (Å²) in [6.45, 7) is 0. The van der Waals surface area contributed by atoms with Crippen LogP contribution in [0.25, 0.3) is 0 Å². The van der Waals surface area contributed by atoms with E-state index in [1.54, 1.807) is 0 Å². The Morgan fingerprint density at radius 2 is 1.06 bits per heavy atom. The lowest BCUT2D eigenvalue weighted by atomic mass is 9.93. The van der Waals surface area contributed by atoms with Crippen molar-refractivity contribution in [2.24, 2.45) is 0 Å². The third kappa shape index (κ3) is 4.44. The van der Waals surface area contributed by atoms with Crippen LogP contribution in [0.15, 0.2) is 35.2 Å². The van der Waals surface area contributed by atoms with E-state index in [1.165, 1.54) is 6.07 Å². The highest BCUT2D eigenvalue weighted by Crippen LogP contribution is 2.61. The first-order chi connectivity index (χ1) is 13.5. The molecule has 0 radical (unpaired) electrons. The lowest BCUT2D eigenvalue weighted by Crippen LogP contribution is -2.70. The van der Waals surface area contributed by atoms with Gasteiger partial charge < -0.3 is 0 Å². The van der Waals surface area contributed by atoms with Crippen LogP contribution < -0.4 is 0 Å². The second kappa shape index (κ2) is 8.09. The molecule has 0 heterocycles. The van der Waals surface area contributed by atoms with Crippen LogP contribution in [0.2, 0.25) is 0 Å². The highest BCUT2D eigenvalue weighted by Gasteiger charge is 2.90. The van der Waals surface area contributed by atoms with Crippen molar-refractivity contribution >= 4 is 32.4 Å². The van der Waals surface area contributed by atoms with Gasteiger partial charge in [-0.05, 0) is 12.1 Å². The van der Waals surface area contributed by atoms with Crippen LogP contribution in [0.3, 0.4) is 0 Å². The maximum absolute atomic E-state index is 13.9. The molecule has 0 amide bonds. The zero-order valence-corrected chi connectivity index (χ0v) is 17.2. The first-order valence-electron chi connectivity index (χ1n) is 7.37. The minimum Gasteiger partial charge on any atom is -0.223 e. The molecule has 0 aliphatic rings. The molecule has 0 saturated carbocycles. The van der Waals surface area contributed by atoms with Gasteiger partial charge in [0, 0.05) is 6.42 Å². The number of sulfone groups is 1. The molecule has 1 rings (SSSR count). The van der Waals surface area contributed by atoms with Crippen molar-refractivity contribution in [3.05, 3.63) is 30.3 Å². The molecule has 0 N–H and O–H groups in total. The molecule has 0 fully saturated rings. The van der Waals surface area contributed by atoms with Crippen LogP contribution in [0.5, 0.6) is 0 Å². The quantitative estimate of drug-likeness (QED) is 0.195. The van der Waals surface area contributed by atoms with E-state index in [0.29, 0.717) is 22.6 Å². The summed E-state index contributed by atoms with van der Waals surface area (Å²) in [4.78, 5) is -0.769. The molecular weight excluding hydrogens is 606 g/mol. The summed E-state index contributed by atoms with van der Waals surface area (Å²) in [5, 5.41) is 0. The molecule has 0 aliphatic carbocycles. The Morgan fingerprint density at radius 1 is 0.677 bits per heavy atom. The molecule has 0 saturated heterocycles. The number of benzene rings is 1. The van der Waals surface area contributed by atoms with Gasteiger partial charge in [0.25, 0.3) is 0 Å². The van der Waals surface area contributed by atoms with E-state index in [1.807, 2.05) is 0 Å². The average molecular weight is 614 g/mol. The molecule has 31 heavy (non-hydrogen) atoms. The van der Waals surface area contributed by atoms with Gasteiger partial charge in [-0.15, -0.1) is 0 Å². The number of alkyl halides is 14. The summed E-state index contributed by atoms with van der Waals surface area (Å²) in [6.07, 6.45) is -10.3. The van der Waals surface area contributed by atoms with Gasteiger partial charge in [-0.1, -0.05) is 40.8 Å². The average Bonchev–Trinajstić information content (AvgIpc) is 2.60. The van der Waals surface area contributed by atoms with E-state index in [2.05, 4.69) is 0 Å². The predicted octanol–water partition coefficient (Wildman–Crippen LogP) is 6.35. The third-order valence-electron chi connectivity index (χ3n) is 3.82. The monoisotopic (exact) mass is 614 g/mol. The van der Waals surface area contributed by atoms with Gasteiger partial charge in [0.05, 0.1) is 4.90 Å². The Morgan fingerprint density at radius 3 is 1.45 bits per heavy atom. The van der Waals surface area contributed by atoms with E-state index in [9.17, 15) is 65.5 Å². The zero-order valence-electron chi connectivity index (χ0n) is 14.2. The van der Waals surface area contributed by atoms with E-state index < -0.39 is 60.2 Å². The van der Waals surface area contributed by atoms with Gasteiger partial charge in [-0.2, -0.15) is 57.1 Å². The summed E-state index contributed by atoms with van der Waals surface area (Å²) < 4.78 is 191. The molecular formula is C14H8F13IO2S. The fraction of sp³-hybridized carbons (Fsp3) is 0.571. The second-order valence-corrected chi connectivity index (χ2v) is 10.5. The minimum atomic E-state index is -8.02. The van der Waals surface area contributed by atoms with Crippen LogP contribution in [0.1, 0.15) is 6.42 Å². The summed E-state index contributed by atoms with van der Waals surface area (Å²) in [7, 11) is -4.95. The molecule has 180 valence electrons. The van der Waals surface area contributed by atoms with Gasteiger partial charge in [-0.25, -0.2) is 8.42 Å². The van der Waals surface area contributed by atoms with Crippen molar-refractivity contribution in [1.82, 2.24) is 0 Å². The van der Waals surface area contributed by atoms with Gasteiger partial charge in [0.1, 0.15) is 3.26 Å². The van der Waals surface area contributed by atoms with Gasteiger partial charge in [0.2, 0.25) is 0 Å². The fourth-order valence-corrected chi connectivity index (χ4v) is 4.69. The summed E-state index contributed by atoms with van der Waals surface area (Å²) in [5.41, 5.74) is 0. The predicted molar refractivity (Wildman–Crippen MR) is 86.8 cm³/mol. The number of hydrogen-bond acceptors (Lipinski definition) is 2. The molecule has 1 aromatic rings. The molecule has 1 atom stereocenters. The van der Waals surface area contributed by atoms with Crippen molar-refractivity contribution < 1.29 is 65.5 Å². The maximum atomic E-state index is 13.9. The molecule has 0 spiro atoms. The van der Waals surface area contributed by atoms with Crippen LogP contribution in [0.4, 0.5) is 57.1 Å². The normalized spacial score (nSPS) is 16.3. The van der Waals surface area contributed by atoms with E-state index in [4.69, 9.17) is 0 Å². The van der Waals surface area contributed by atoms with Crippen LogP contribution in [-0.4, -0.2) is 47.5 Å². The highest BCUT2D eigenvalue weighted by atomic mass is 127. The van der Waals surface area contributed by atoms with Gasteiger partial charge in [0.15, 0.2) is 9.84 Å². The number of halogens is 14. The summed E-state index contributed by atoms with van der Waals surface area (Å²) in [5.74, 6) is -37.8. The smallest absolute Gasteiger partial charge is 0.223 e. The van der Waals surface area contributed by atoms with E-state index in [0.717, 1.165) is 24.3 Å². The molecule has 0 bridgehead atoms. The Bertz CT molecular complexity index is 881. The molecule has 17 heteroatoms. The Balaban J connectivity index is 3.40. The first kappa shape index (κ1) is 28.0. The van der Waals surface area contributed by atoms with E-state index >= 15 is 0 Å². The second-order valence-electron chi connectivity index (χ2n) is 5.97. The van der Waals surface area contributed by atoms with Gasteiger partial charge >= 0.3 is 35.8 Å². The molecule has 2 nitrogen and oxygen atoms in total. The molecule has 1 aromatic carbocycles. The number of hydrogen-bond donors (Lipinski definition) is 0. The standard InChI is InChI=1S/C14H8F13IO2S/c15-9(16,6-8(28)31(29,30)7-4-2-1-3-5-7)10(17,18)11(19,20)12(21,22)13(23,24)14(25,26)27/h1-5,8H,6H2. The van der Waals surface area contributed by atoms with Crippen molar-refractivity contribution in [1.29, 1.82) is 0 Å². The van der Waals surface area contributed by atoms with Crippen molar-refractivity contribution in [2.45, 2.75) is 50.4 Å². The summed E-state index contributed by atoms with van der Waals surface area (Å²) >= 11 is 0.569. The van der Waals surface area contributed by atoms with E-state index in [-0.39, 0.29) is 0 Å². The molecule has 1 unspecified atom stereocenters. The topological polar surface area (TPSA) is 34.1 Å². The first-order valence-corrected chi connectivity index (χ1v) is 10.2. The highest BCUT2D eigenvalue weighted by molar-refractivity contribution is 14.1. The Labute approximate surface area is 178 Å². The number of rotatable bonds is 8. The largest absolute Gasteiger partial charge is 0.460 e. The maximum Gasteiger partial charge on any atom is 0.460 e. The van der Waals surface area contributed by atoms with Crippen LogP contribution >= 0.6 is 22.6 Å². The van der Waals surface area contributed by atoms with Crippen molar-refractivity contribution in [3.8, 4) is 0 Å². The SMILES string of the molecule is O=S(=O)(c1ccccc1)C(I)CC(F)(F)C(F)(F)C(F)(F)C(F)(F)C(F)(F)C(F)(F)F. The van der Waals surface area contributed by atoms with Crippen LogP contribution in [0, 0.1) is 0 Å². The lowest BCUT2D eigenvalue weighted by Gasteiger charge is -2.40. The summed E-state index contributed by atoms with van der Waals surface area (Å²) in [6, 6.07) is 4.91. The lowest BCUT2D eigenvalue weighted by molar-refractivity contribution is -0.439. The van der Waals surface area contributed by atoms with Crippen molar-refractivity contribution in [2.75, 3.05) is 0 Å². The fourth-order valence-electron chi connectivity index (χ4n) is 2.00. The van der Waals surface area contributed by atoms with Crippen LogP contribution in [-0.2, 0) is 9.84 Å². The molecule has 0 aliphatic heterocycles. The van der Waals surface area contributed by atoms with Gasteiger partial charge in [-0.3, -0.25) is 0 Å². The van der Waals surface area contributed by atoms with Crippen molar-refractivity contribution in [3.63, 3.8) is 0 Å². The molecule has 0 aromatic heterocycles. The Kier molecular flexibility index (Phi) is 7.31. The zero-order chi connectivity index (χ0) is 24.9. The Hall–Kier alpha value is -1.01.